The van der Waals surface area contributed by atoms with E-state index < -0.39 is 0 Å². The molecule has 3 nitrogen and oxygen atoms in total. The van der Waals surface area contributed by atoms with Crippen molar-refractivity contribution < 1.29 is 9.21 Å². The quantitative estimate of drug-likeness (QED) is 0.675. The summed E-state index contributed by atoms with van der Waals surface area (Å²) in [7, 11) is 0. The van der Waals surface area contributed by atoms with Crippen LogP contribution < -0.4 is 4.90 Å². The molecule has 0 unspecified atom stereocenters. The number of furan rings is 1. The van der Waals surface area contributed by atoms with Gasteiger partial charge in [0.25, 0.3) is 0 Å². The Labute approximate surface area is 81.1 Å². The molecule has 0 radical (unpaired) electrons. The number of hydrogen-bond acceptors (Lipinski definition) is 4. The topological polar surface area (TPSA) is 33.5 Å². The van der Waals surface area contributed by atoms with Crippen LogP contribution in [0.3, 0.4) is 0 Å². The lowest BCUT2D eigenvalue weighted by molar-refractivity contribution is 0.110. The molecule has 1 aromatic heterocycles. The van der Waals surface area contributed by atoms with E-state index in [-0.39, 0.29) is 0 Å². The Hall–Kier alpha value is -0.900. The van der Waals surface area contributed by atoms with Gasteiger partial charge in [-0.2, -0.15) is 11.8 Å². The smallest absolute Gasteiger partial charge is 0.196 e. The van der Waals surface area contributed by atoms with Crippen molar-refractivity contribution in [2.75, 3.05) is 29.5 Å². The Balaban J connectivity index is 2.09. The van der Waals surface area contributed by atoms with Gasteiger partial charge in [0.2, 0.25) is 0 Å². The van der Waals surface area contributed by atoms with Gasteiger partial charge < -0.3 is 9.32 Å². The van der Waals surface area contributed by atoms with Crippen LogP contribution in [-0.4, -0.2) is 30.9 Å². The van der Waals surface area contributed by atoms with Gasteiger partial charge in [0, 0.05) is 30.7 Å². The lowest BCUT2D eigenvalue weighted by atomic mass is 10.4. The van der Waals surface area contributed by atoms with Crippen molar-refractivity contribution in [3.8, 4) is 0 Å². The molecule has 70 valence electrons. The average molecular weight is 197 g/mol. The van der Waals surface area contributed by atoms with Crippen molar-refractivity contribution in [1.29, 1.82) is 0 Å². The SMILES string of the molecule is O=Cc1ccc(N2CCSCC2)o1. The van der Waals surface area contributed by atoms with Gasteiger partial charge in [0.15, 0.2) is 17.9 Å². The summed E-state index contributed by atoms with van der Waals surface area (Å²) in [4.78, 5) is 12.6. The molecule has 1 saturated heterocycles. The number of carbonyl (C=O) groups excluding carboxylic acids is 1. The molecule has 4 heteroatoms. The molecule has 0 aromatic carbocycles. The normalized spacial score (nSPS) is 17.4. The number of thioether (sulfide) groups is 1. The number of carbonyl (C=O) groups is 1. The molecule has 0 atom stereocenters. The average Bonchev–Trinajstić information content (AvgIpc) is 2.67. The van der Waals surface area contributed by atoms with Crippen LogP contribution in [0.5, 0.6) is 0 Å². The molecule has 1 fully saturated rings. The van der Waals surface area contributed by atoms with Gasteiger partial charge in [0.1, 0.15) is 0 Å². The van der Waals surface area contributed by atoms with Gasteiger partial charge in [0.05, 0.1) is 0 Å². The van der Waals surface area contributed by atoms with E-state index in [1.54, 1.807) is 6.07 Å². The highest BCUT2D eigenvalue weighted by Crippen LogP contribution is 2.21. The molecular formula is C9H11NO2S. The zero-order chi connectivity index (χ0) is 9.10. The van der Waals surface area contributed by atoms with Crippen LogP contribution in [0.15, 0.2) is 16.5 Å². The van der Waals surface area contributed by atoms with Gasteiger partial charge >= 0.3 is 0 Å². The van der Waals surface area contributed by atoms with Crippen LogP contribution in [0.1, 0.15) is 10.6 Å². The summed E-state index contributed by atoms with van der Waals surface area (Å²) in [6, 6.07) is 3.57. The lowest BCUT2D eigenvalue weighted by Crippen LogP contribution is -2.31. The Bertz CT molecular complexity index is 292. The summed E-state index contributed by atoms with van der Waals surface area (Å²) in [5.41, 5.74) is 0. The molecular weight excluding hydrogens is 186 g/mol. The molecule has 13 heavy (non-hydrogen) atoms. The van der Waals surface area contributed by atoms with Crippen molar-refractivity contribution >= 4 is 23.9 Å². The number of hydrogen-bond donors (Lipinski definition) is 0. The number of nitrogens with zero attached hydrogens (tertiary/aromatic N) is 1. The molecule has 2 heterocycles. The van der Waals surface area contributed by atoms with Gasteiger partial charge in [-0.1, -0.05) is 0 Å². The first-order chi connectivity index (χ1) is 6.40. The monoisotopic (exact) mass is 197 g/mol. The predicted molar refractivity (Wildman–Crippen MR) is 53.6 cm³/mol. The van der Waals surface area contributed by atoms with E-state index in [0.717, 1.165) is 36.8 Å². The zero-order valence-corrected chi connectivity index (χ0v) is 8.05. The zero-order valence-electron chi connectivity index (χ0n) is 7.23. The molecule has 1 aliphatic rings. The maximum absolute atomic E-state index is 10.4. The third kappa shape index (κ3) is 1.88. The van der Waals surface area contributed by atoms with Crippen LogP contribution in [0.2, 0.25) is 0 Å². The Morgan fingerprint density at radius 3 is 2.77 bits per heavy atom. The maximum atomic E-state index is 10.4. The van der Waals surface area contributed by atoms with Crippen LogP contribution in [0.4, 0.5) is 5.88 Å². The van der Waals surface area contributed by atoms with Crippen LogP contribution in [-0.2, 0) is 0 Å². The first kappa shape index (κ1) is 8.69. The highest BCUT2D eigenvalue weighted by Gasteiger charge is 2.13. The summed E-state index contributed by atoms with van der Waals surface area (Å²) >= 11 is 1.95. The van der Waals surface area contributed by atoms with Crippen molar-refractivity contribution in [2.45, 2.75) is 0 Å². The van der Waals surface area contributed by atoms with E-state index in [4.69, 9.17) is 4.42 Å². The molecule has 0 spiro atoms. The fourth-order valence-electron chi connectivity index (χ4n) is 1.36. The highest BCUT2D eigenvalue weighted by molar-refractivity contribution is 7.99. The minimum absolute atomic E-state index is 0.410. The summed E-state index contributed by atoms with van der Waals surface area (Å²) in [6.45, 7) is 2.02. The van der Waals surface area contributed by atoms with E-state index in [0.29, 0.717) is 5.76 Å². The molecule has 1 aliphatic heterocycles. The Kier molecular flexibility index (Phi) is 2.59. The Morgan fingerprint density at radius 2 is 2.15 bits per heavy atom. The van der Waals surface area contributed by atoms with Crippen LogP contribution in [0, 0.1) is 0 Å². The predicted octanol–water partition coefficient (Wildman–Crippen LogP) is 1.65. The minimum Gasteiger partial charge on any atom is -0.438 e. The van der Waals surface area contributed by atoms with Crippen LogP contribution >= 0.6 is 11.8 Å². The molecule has 0 bridgehead atoms. The van der Waals surface area contributed by atoms with Crippen molar-refractivity contribution in [3.05, 3.63) is 17.9 Å². The van der Waals surface area contributed by atoms with Crippen molar-refractivity contribution in [3.63, 3.8) is 0 Å². The summed E-state index contributed by atoms with van der Waals surface area (Å²) in [5.74, 6) is 3.50. The number of anilines is 1. The summed E-state index contributed by atoms with van der Waals surface area (Å²) in [6.07, 6.45) is 0.738. The van der Waals surface area contributed by atoms with Gasteiger partial charge in [-0.05, 0) is 6.07 Å². The fraction of sp³-hybridized carbons (Fsp3) is 0.444. The molecule has 0 aliphatic carbocycles. The number of rotatable bonds is 2. The van der Waals surface area contributed by atoms with Gasteiger partial charge in [-0.25, -0.2) is 0 Å². The molecule has 0 saturated carbocycles. The second-order valence-electron chi connectivity index (χ2n) is 2.89. The van der Waals surface area contributed by atoms with Crippen molar-refractivity contribution in [1.82, 2.24) is 0 Å². The number of aldehydes is 1. The van der Waals surface area contributed by atoms with E-state index in [1.807, 2.05) is 17.8 Å². The summed E-state index contributed by atoms with van der Waals surface area (Å²) in [5, 5.41) is 0. The first-order valence-corrected chi connectivity index (χ1v) is 5.43. The van der Waals surface area contributed by atoms with Gasteiger partial charge in [-0.15, -0.1) is 0 Å². The largest absolute Gasteiger partial charge is 0.438 e. The fourth-order valence-corrected chi connectivity index (χ4v) is 2.26. The highest BCUT2D eigenvalue weighted by atomic mass is 32.2. The third-order valence-corrected chi connectivity index (χ3v) is 2.99. The lowest BCUT2D eigenvalue weighted by Gasteiger charge is -2.25. The summed E-state index contributed by atoms with van der Waals surface area (Å²) < 4.78 is 5.32. The standard InChI is InChI=1S/C9H11NO2S/c11-7-8-1-2-9(12-8)10-3-5-13-6-4-10/h1-2,7H,3-6H2. The van der Waals surface area contributed by atoms with E-state index in [1.165, 1.54) is 0 Å². The molecule has 1 aromatic rings. The Morgan fingerprint density at radius 1 is 1.38 bits per heavy atom. The third-order valence-electron chi connectivity index (χ3n) is 2.05. The molecule has 0 amide bonds. The maximum Gasteiger partial charge on any atom is 0.196 e. The van der Waals surface area contributed by atoms with E-state index in [9.17, 15) is 4.79 Å². The second kappa shape index (κ2) is 3.87. The second-order valence-corrected chi connectivity index (χ2v) is 4.12. The van der Waals surface area contributed by atoms with Gasteiger partial charge in [-0.3, -0.25) is 4.79 Å². The van der Waals surface area contributed by atoms with Crippen LogP contribution in [0.25, 0.3) is 0 Å². The van der Waals surface area contributed by atoms with Crippen molar-refractivity contribution in [2.24, 2.45) is 0 Å². The molecule has 0 N–H and O–H groups in total. The van der Waals surface area contributed by atoms with E-state index in [2.05, 4.69) is 4.90 Å². The first-order valence-electron chi connectivity index (χ1n) is 4.28. The van der Waals surface area contributed by atoms with E-state index >= 15 is 0 Å². The molecule has 2 rings (SSSR count). The minimum atomic E-state index is 0.410.